The third kappa shape index (κ3) is 9.48. The van der Waals surface area contributed by atoms with Gasteiger partial charge in [-0.1, -0.05) is 77.3 Å². The van der Waals surface area contributed by atoms with Gasteiger partial charge >= 0.3 is 0 Å². The Labute approximate surface area is 287 Å². The number of carbonyl (C=O) groups is 6. The molecule has 0 radical (unpaired) electrons. The number of ketones is 1. The summed E-state index contributed by atoms with van der Waals surface area (Å²) in [5, 5.41) is 10.9. The number of hydrogen-bond donors (Lipinski definition) is 4. The Balaban J connectivity index is 1.49. The van der Waals surface area contributed by atoms with E-state index in [2.05, 4.69) is 31.2 Å². The Morgan fingerprint density at radius 1 is 0.959 bits per heavy atom. The van der Waals surface area contributed by atoms with Crippen LogP contribution < -0.4 is 21.3 Å². The largest absolute Gasteiger partial charge is 0.344 e. The molecule has 49 heavy (non-hydrogen) atoms. The number of nitrogens with zero attached hydrogens (tertiary/aromatic N) is 3. The number of aromatic nitrogens is 2. The zero-order valence-electron chi connectivity index (χ0n) is 29.0. The second kappa shape index (κ2) is 16.6. The summed E-state index contributed by atoms with van der Waals surface area (Å²) in [6, 6.07) is 5.71. The standard InChI is InChI=1S/C36H49N7O6/c1-6-12-25(30(45)34(48)40-22(2)23-13-8-7-9-14-23)41-33(47)28-19-24-15-10-11-16-27(24)43(28)35(49)31(36(3,4)5)42-29(44)21-39-32(46)26-20-37-17-18-38-26/h7-9,13-14,17-18,20,22,24-25,27-28,31H,6,10-12,15-16,19,21H2,1-5H3,(H,39,46)(H,40,48)(H,41,47)(H,42,44)/t22-,24-,25?,27-,28-,31+/m0/s1. The van der Waals surface area contributed by atoms with Crippen molar-refractivity contribution in [2.24, 2.45) is 11.3 Å². The van der Waals surface area contributed by atoms with Gasteiger partial charge in [0.1, 0.15) is 17.8 Å². The third-order valence-electron chi connectivity index (χ3n) is 9.35. The predicted molar refractivity (Wildman–Crippen MR) is 182 cm³/mol. The van der Waals surface area contributed by atoms with Crippen molar-refractivity contribution < 1.29 is 28.8 Å². The molecule has 2 aromatic rings. The summed E-state index contributed by atoms with van der Waals surface area (Å²) >= 11 is 0. The summed E-state index contributed by atoms with van der Waals surface area (Å²) in [5.41, 5.74) is 0.149. The third-order valence-corrected chi connectivity index (χ3v) is 9.35. The van der Waals surface area contributed by atoms with Crippen molar-refractivity contribution in [2.45, 2.75) is 110 Å². The lowest BCUT2D eigenvalue weighted by Gasteiger charge is -2.39. The van der Waals surface area contributed by atoms with E-state index in [1.165, 1.54) is 18.6 Å². The normalized spacial score (nSPS) is 20.6. The highest BCUT2D eigenvalue weighted by Crippen LogP contribution is 2.41. The number of carbonyl (C=O) groups excluding carboxylic acids is 6. The average Bonchev–Trinajstić information content (AvgIpc) is 3.49. The molecule has 2 heterocycles. The van der Waals surface area contributed by atoms with Crippen molar-refractivity contribution in [3.05, 3.63) is 60.2 Å². The molecule has 1 aliphatic heterocycles. The van der Waals surface area contributed by atoms with Crippen LogP contribution in [0.5, 0.6) is 0 Å². The van der Waals surface area contributed by atoms with Gasteiger partial charge in [0.25, 0.3) is 11.8 Å². The number of likely N-dealkylation sites (tertiary alicyclic amines) is 1. The lowest BCUT2D eigenvalue weighted by Crippen LogP contribution is -2.61. The lowest BCUT2D eigenvalue weighted by atomic mass is 9.83. The monoisotopic (exact) mass is 675 g/mol. The van der Waals surface area contributed by atoms with Crippen LogP contribution >= 0.6 is 0 Å². The summed E-state index contributed by atoms with van der Waals surface area (Å²) < 4.78 is 0. The molecule has 13 nitrogen and oxygen atoms in total. The first-order valence-corrected chi connectivity index (χ1v) is 17.2. The zero-order chi connectivity index (χ0) is 35.7. The Hall–Kier alpha value is -4.68. The van der Waals surface area contributed by atoms with Crippen LogP contribution in [0.2, 0.25) is 0 Å². The Kier molecular flexibility index (Phi) is 12.6. The van der Waals surface area contributed by atoms with Crippen LogP contribution in [0.3, 0.4) is 0 Å². The summed E-state index contributed by atoms with van der Waals surface area (Å²) in [6.45, 7) is 8.72. The molecule has 4 rings (SSSR count). The van der Waals surface area contributed by atoms with Gasteiger partial charge in [-0.05, 0) is 49.5 Å². The molecule has 0 bridgehead atoms. The Morgan fingerprint density at radius 3 is 2.33 bits per heavy atom. The molecule has 2 aliphatic rings. The fourth-order valence-corrected chi connectivity index (χ4v) is 6.76. The summed E-state index contributed by atoms with van der Waals surface area (Å²) in [5.74, 6) is -3.49. The van der Waals surface area contributed by atoms with E-state index < -0.39 is 71.4 Å². The maximum atomic E-state index is 14.5. The first-order valence-electron chi connectivity index (χ1n) is 17.2. The first kappa shape index (κ1) is 37.1. The predicted octanol–water partition coefficient (Wildman–Crippen LogP) is 2.63. The van der Waals surface area contributed by atoms with E-state index in [-0.39, 0.29) is 24.1 Å². The highest BCUT2D eigenvalue weighted by Gasteiger charge is 2.51. The molecule has 5 amide bonds. The number of benzene rings is 1. The highest BCUT2D eigenvalue weighted by molar-refractivity contribution is 6.38. The average molecular weight is 676 g/mol. The smallest absolute Gasteiger partial charge is 0.290 e. The van der Waals surface area contributed by atoms with E-state index in [0.717, 1.165) is 31.2 Å². The Bertz CT molecular complexity index is 1500. The molecule has 264 valence electrons. The van der Waals surface area contributed by atoms with Gasteiger partial charge in [-0.15, -0.1) is 0 Å². The molecular weight excluding hydrogens is 626 g/mol. The second-order valence-corrected chi connectivity index (χ2v) is 14.1. The van der Waals surface area contributed by atoms with E-state index in [9.17, 15) is 28.8 Å². The fourth-order valence-electron chi connectivity index (χ4n) is 6.76. The molecule has 1 saturated carbocycles. The van der Waals surface area contributed by atoms with Gasteiger partial charge in [-0.2, -0.15) is 0 Å². The number of Topliss-reactive ketones (excluding diaryl/α,β-unsaturated/α-hetero) is 1. The maximum Gasteiger partial charge on any atom is 0.290 e. The van der Waals surface area contributed by atoms with Crippen molar-refractivity contribution in [1.82, 2.24) is 36.1 Å². The molecule has 13 heteroatoms. The van der Waals surface area contributed by atoms with Gasteiger partial charge in [-0.3, -0.25) is 33.8 Å². The van der Waals surface area contributed by atoms with E-state index in [1.807, 2.05) is 58.0 Å². The minimum absolute atomic E-state index is 0.0519. The van der Waals surface area contributed by atoms with E-state index >= 15 is 0 Å². The molecule has 1 aliphatic carbocycles. The zero-order valence-corrected chi connectivity index (χ0v) is 29.0. The molecule has 6 atom stereocenters. The van der Waals surface area contributed by atoms with Crippen molar-refractivity contribution in [3.8, 4) is 0 Å². The molecular formula is C36H49N7O6. The van der Waals surface area contributed by atoms with Crippen LogP contribution in [0.25, 0.3) is 0 Å². The van der Waals surface area contributed by atoms with Crippen LogP contribution in [0.15, 0.2) is 48.9 Å². The molecule has 1 unspecified atom stereocenters. The van der Waals surface area contributed by atoms with Crippen LogP contribution in [-0.2, 0) is 24.0 Å². The van der Waals surface area contributed by atoms with Gasteiger partial charge in [0.15, 0.2) is 0 Å². The number of fused-ring (bicyclic) bond motifs is 1. The summed E-state index contributed by atoms with van der Waals surface area (Å²) in [6.07, 6.45) is 8.76. The second-order valence-electron chi connectivity index (χ2n) is 14.1. The number of nitrogens with one attached hydrogen (secondary N) is 4. The highest BCUT2D eigenvalue weighted by atomic mass is 16.2. The lowest BCUT2D eigenvalue weighted by molar-refractivity contribution is -0.147. The number of hydrogen-bond acceptors (Lipinski definition) is 8. The van der Waals surface area contributed by atoms with Crippen LogP contribution in [0.4, 0.5) is 0 Å². The molecule has 2 fully saturated rings. The molecule has 4 N–H and O–H groups in total. The summed E-state index contributed by atoms with van der Waals surface area (Å²) in [7, 11) is 0. The van der Waals surface area contributed by atoms with Crippen molar-refractivity contribution in [3.63, 3.8) is 0 Å². The molecule has 1 saturated heterocycles. The van der Waals surface area contributed by atoms with Crippen molar-refractivity contribution >= 4 is 35.3 Å². The van der Waals surface area contributed by atoms with Gasteiger partial charge in [0.05, 0.1) is 24.8 Å². The van der Waals surface area contributed by atoms with Crippen molar-refractivity contribution in [2.75, 3.05) is 6.54 Å². The number of rotatable bonds is 13. The quantitative estimate of drug-likeness (QED) is 0.234. The van der Waals surface area contributed by atoms with Crippen LogP contribution in [0, 0.1) is 11.3 Å². The van der Waals surface area contributed by atoms with Gasteiger partial charge in [0, 0.05) is 18.4 Å². The van der Waals surface area contributed by atoms with Gasteiger partial charge in [-0.25, -0.2) is 4.98 Å². The first-order chi connectivity index (χ1) is 23.3. The molecule has 1 aromatic carbocycles. The van der Waals surface area contributed by atoms with Gasteiger partial charge in [0.2, 0.25) is 23.5 Å². The minimum Gasteiger partial charge on any atom is -0.344 e. The fraction of sp³-hybridized carbons (Fsp3) is 0.556. The van der Waals surface area contributed by atoms with E-state index in [4.69, 9.17) is 0 Å². The van der Waals surface area contributed by atoms with Crippen LogP contribution in [0.1, 0.15) is 102 Å². The maximum absolute atomic E-state index is 14.5. The van der Waals surface area contributed by atoms with Crippen LogP contribution in [-0.4, -0.2) is 80.9 Å². The molecule has 1 aromatic heterocycles. The molecule has 0 spiro atoms. The van der Waals surface area contributed by atoms with E-state index in [0.29, 0.717) is 12.8 Å². The summed E-state index contributed by atoms with van der Waals surface area (Å²) in [4.78, 5) is 89.8. The van der Waals surface area contributed by atoms with Crippen molar-refractivity contribution in [1.29, 1.82) is 0 Å². The number of amides is 5. The Morgan fingerprint density at radius 2 is 1.67 bits per heavy atom. The SMILES string of the molecule is CCCC(NC(=O)[C@@H]1C[C@@H]2CCCC[C@@H]2N1C(=O)[C@@H](NC(=O)CNC(=O)c1cnccn1)C(C)(C)C)C(=O)C(=O)N[C@@H](C)c1ccccc1. The minimum atomic E-state index is -1.06. The van der Waals surface area contributed by atoms with Gasteiger partial charge < -0.3 is 26.2 Å². The van der Waals surface area contributed by atoms with E-state index in [1.54, 1.807) is 11.8 Å². The topological polar surface area (TPSA) is 180 Å².